The number of hydrogen-bond acceptors (Lipinski definition) is 3. The molecule has 0 saturated carbocycles. The Morgan fingerprint density at radius 3 is 2.20 bits per heavy atom. The van der Waals surface area contributed by atoms with Crippen molar-refractivity contribution < 1.29 is 9.90 Å². The SMILES string of the molecule is CC.CNC(=O)C(N)CO. The molecule has 4 nitrogen and oxygen atoms in total. The van der Waals surface area contributed by atoms with Gasteiger partial charge in [0.2, 0.25) is 5.91 Å². The van der Waals surface area contributed by atoms with Crippen molar-refractivity contribution >= 4 is 5.91 Å². The average Bonchev–Trinajstić information content (AvgIpc) is 2.05. The van der Waals surface area contributed by atoms with Crippen LogP contribution in [0.5, 0.6) is 0 Å². The van der Waals surface area contributed by atoms with Gasteiger partial charge in [0.05, 0.1) is 6.61 Å². The molecule has 1 unspecified atom stereocenters. The Balaban J connectivity index is 0. The van der Waals surface area contributed by atoms with Gasteiger partial charge in [-0.15, -0.1) is 0 Å². The lowest BCUT2D eigenvalue weighted by molar-refractivity contribution is -0.122. The normalized spacial score (nSPS) is 10.9. The Bertz CT molecular complexity index is 85.8. The summed E-state index contributed by atoms with van der Waals surface area (Å²) >= 11 is 0. The quantitative estimate of drug-likeness (QED) is 0.474. The second-order valence-electron chi connectivity index (χ2n) is 1.40. The van der Waals surface area contributed by atoms with E-state index in [9.17, 15) is 4.79 Å². The number of likely N-dealkylation sites (N-methyl/N-ethyl adjacent to an activating group) is 1. The summed E-state index contributed by atoms with van der Waals surface area (Å²) in [6.45, 7) is 3.69. The van der Waals surface area contributed by atoms with E-state index in [1.54, 1.807) is 0 Å². The first-order chi connectivity index (χ1) is 4.72. The molecule has 4 heteroatoms. The van der Waals surface area contributed by atoms with Crippen molar-refractivity contribution in [2.75, 3.05) is 13.7 Å². The molecule has 0 aliphatic rings. The third-order valence-corrected chi connectivity index (χ3v) is 0.780. The van der Waals surface area contributed by atoms with E-state index in [2.05, 4.69) is 5.32 Å². The van der Waals surface area contributed by atoms with Crippen LogP contribution >= 0.6 is 0 Å². The topological polar surface area (TPSA) is 75.4 Å². The van der Waals surface area contributed by atoms with E-state index < -0.39 is 6.04 Å². The second kappa shape index (κ2) is 8.39. The van der Waals surface area contributed by atoms with Gasteiger partial charge >= 0.3 is 0 Å². The molecule has 0 aromatic carbocycles. The van der Waals surface area contributed by atoms with Crippen LogP contribution in [-0.4, -0.2) is 30.7 Å². The lowest BCUT2D eigenvalue weighted by atomic mass is 10.3. The number of carbonyl (C=O) groups is 1. The van der Waals surface area contributed by atoms with Crippen molar-refractivity contribution in [2.45, 2.75) is 19.9 Å². The van der Waals surface area contributed by atoms with Gasteiger partial charge in [-0.1, -0.05) is 13.8 Å². The number of carbonyl (C=O) groups excluding carboxylic acids is 1. The van der Waals surface area contributed by atoms with E-state index in [1.807, 2.05) is 13.8 Å². The van der Waals surface area contributed by atoms with Gasteiger partial charge in [0.15, 0.2) is 0 Å². The fourth-order valence-corrected chi connectivity index (χ4v) is 0.268. The second-order valence-corrected chi connectivity index (χ2v) is 1.40. The molecule has 4 N–H and O–H groups in total. The molecule has 0 rings (SSSR count). The molecule has 0 heterocycles. The van der Waals surface area contributed by atoms with E-state index in [1.165, 1.54) is 7.05 Å². The summed E-state index contributed by atoms with van der Waals surface area (Å²) in [5.41, 5.74) is 5.06. The minimum absolute atomic E-state index is 0.306. The Labute approximate surface area is 61.4 Å². The van der Waals surface area contributed by atoms with Gasteiger partial charge in [-0.25, -0.2) is 0 Å². The predicted octanol–water partition coefficient (Wildman–Crippen LogP) is -0.922. The van der Waals surface area contributed by atoms with Crippen LogP contribution in [0.3, 0.4) is 0 Å². The van der Waals surface area contributed by atoms with Crippen molar-refractivity contribution in [1.29, 1.82) is 0 Å². The van der Waals surface area contributed by atoms with Crippen molar-refractivity contribution in [3.8, 4) is 0 Å². The highest BCUT2D eigenvalue weighted by Crippen LogP contribution is 1.71. The maximum atomic E-state index is 10.3. The Morgan fingerprint density at radius 1 is 1.70 bits per heavy atom. The van der Waals surface area contributed by atoms with Crippen molar-refractivity contribution in [1.82, 2.24) is 5.32 Å². The van der Waals surface area contributed by atoms with Crippen LogP contribution in [-0.2, 0) is 4.79 Å². The minimum Gasteiger partial charge on any atom is -0.394 e. The number of nitrogens with one attached hydrogen (secondary N) is 1. The van der Waals surface area contributed by atoms with E-state index >= 15 is 0 Å². The smallest absolute Gasteiger partial charge is 0.239 e. The standard InChI is InChI=1S/C4H10N2O2.C2H6/c1-6-4(8)3(5)2-7;1-2/h3,7H,2,5H2,1H3,(H,6,8);1-2H3. The summed E-state index contributed by atoms with van der Waals surface area (Å²) in [4.78, 5) is 10.3. The van der Waals surface area contributed by atoms with Crippen LogP contribution < -0.4 is 11.1 Å². The molecule has 62 valence electrons. The molecule has 0 radical (unpaired) electrons. The third kappa shape index (κ3) is 5.53. The first kappa shape index (κ1) is 12.1. The number of rotatable bonds is 2. The van der Waals surface area contributed by atoms with Crippen LogP contribution in [0.15, 0.2) is 0 Å². The van der Waals surface area contributed by atoms with E-state index in [-0.39, 0.29) is 12.5 Å². The molecule has 10 heavy (non-hydrogen) atoms. The Kier molecular flexibility index (Phi) is 10.2. The van der Waals surface area contributed by atoms with Crippen LogP contribution in [0.25, 0.3) is 0 Å². The Hall–Kier alpha value is -0.610. The summed E-state index contributed by atoms with van der Waals surface area (Å²) in [7, 11) is 1.47. The highest BCUT2D eigenvalue weighted by molar-refractivity contribution is 5.81. The molecule has 0 fully saturated rings. The monoisotopic (exact) mass is 148 g/mol. The van der Waals surface area contributed by atoms with E-state index in [0.29, 0.717) is 0 Å². The minimum atomic E-state index is -0.778. The van der Waals surface area contributed by atoms with E-state index in [0.717, 1.165) is 0 Å². The van der Waals surface area contributed by atoms with Crippen LogP contribution in [0.2, 0.25) is 0 Å². The Morgan fingerprint density at radius 2 is 2.10 bits per heavy atom. The van der Waals surface area contributed by atoms with Crippen LogP contribution in [0, 0.1) is 0 Å². The molecule has 1 atom stereocenters. The lowest BCUT2D eigenvalue weighted by Crippen LogP contribution is -2.41. The number of amides is 1. The molecule has 0 bridgehead atoms. The molecular weight excluding hydrogens is 132 g/mol. The van der Waals surface area contributed by atoms with Gasteiger partial charge < -0.3 is 16.2 Å². The zero-order valence-electron chi connectivity index (χ0n) is 6.72. The van der Waals surface area contributed by atoms with Crippen LogP contribution in [0.1, 0.15) is 13.8 Å². The summed E-state index contributed by atoms with van der Waals surface area (Å²) in [6, 6.07) is -0.778. The van der Waals surface area contributed by atoms with Gasteiger partial charge in [-0.2, -0.15) is 0 Å². The van der Waals surface area contributed by atoms with Gasteiger partial charge in [-0.05, 0) is 0 Å². The van der Waals surface area contributed by atoms with Gasteiger partial charge in [0.25, 0.3) is 0 Å². The fourth-order valence-electron chi connectivity index (χ4n) is 0.268. The van der Waals surface area contributed by atoms with Crippen molar-refractivity contribution in [3.63, 3.8) is 0 Å². The predicted molar refractivity (Wildman–Crippen MR) is 40.5 cm³/mol. The lowest BCUT2D eigenvalue weighted by Gasteiger charge is -2.03. The largest absolute Gasteiger partial charge is 0.394 e. The zero-order chi connectivity index (χ0) is 8.57. The summed E-state index contributed by atoms with van der Waals surface area (Å²) in [6.07, 6.45) is 0. The average molecular weight is 148 g/mol. The van der Waals surface area contributed by atoms with E-state index in [4.69, 9.17) is 10.8 Å². The van der Waals surface area contributed by atoms with Gasteiger partial charge in [0.1, 0.15) is 6.04 Å². The molecule has 1 amide bonds. The highest BCUT2D eigenvalue weighted by atomic mass is 16.3. The first-order valence-electron chi connectivity index (χ1n) is 3.30. The maximum absolute atomic E-state index is 10.3. The molecule has 0 aromatic rings. The summed E-state index contributed by atoms with van der Waals surface area (Å²) in [5, 5.41) is 10.5. The molecule has 0 aliphatic heterocycles. The van der Waals surface area contributed by atoms with Crippen molar-refractivity contribution in [3.05, 3.63) is 0 Å². The summed E-state index contributed by atoms with van der Waals surface area (Å²) < 4.78 is 0. The molecule has 0 saturated heterocycles. The molecule has 0 spiro atoms. The molecular formula is C6H16N2O2. The van der Waals surface area contributed by atoms with Gasteiger partial charge in [-0.3, -0.25) is 4.79 Å². The zero-order valence-corrected chi connectivity index (χ0v) is 6.72. The fraction of sp³-hybridized carbons (Fsp3) is 0.833. The number of aliphatic hydroxyl groups is 1. The summed E-state index contributed by atoms with van der Waals surface area (Å²) in [5.74, 6) is -0.340. The molecule has 0 aliphatic carbocycles. The van der Waals surface area contributed by atoms with Crippen molar-refractivity contribution in [2.24, 2.45) is 5.73 Å². The maximum Gasteiger partial charge on any atom is 0.239 e. The number of hydrogen-bond donors (Lipinski definition) is 3. The van der Waals surface area contributed by atoms with Crippen LogP contribution in [0.4, 0.5) is 0 Å². The van der Waals surface area contributed by atoms with Gasteiger partial charge in [0, 0.05) is 7.05 Å². The third-order valence-electron chi connectivity index (χ3n) is 0.780. The first-order valence-corrected chi connectivity index (χ1v) is 3.30. The number of nitrogens with two attached hydrogens (primary N) is 1. The molecule has 0 aromatic heterocycles. The number of aliphatic hydroxyl groups excluding tert-OH is 1. The highest BCUT2D eigenvalue weighted by Gasteiger charge is 2.07.